The maximum absolute atomic E-state index is 12.9. The molecular formula is C14H13F3N2OS. The van der Waals surface area contributed by atoms with Crippen LogP contribution in [0.4, 0.5) is 13.2 Å². The molecule has 1 aromatic carbocycles. The molecule has 0 aliphatic rings. The number of benzene rings is 1. The van der Waals surface area contributed by atoms with Gasteiger partial charge in [0.2, 0.25) is 0 Å². The standard InChI is InChI=1S/C14H13F3N2OS/c1-8-5-9(2)19-13(18-8)21-11-4-3-10(7-20)12(6-11)14(15,16)17/h3-6,20H,7H2,1-2H3. The number of rotatable bonds is 3. The number of aromatic nitrogens is 2. The highest BCUT2D eigenvalue weighted by molar-refractivity contribution is 7.99. The van der Waals surface area contributed by atoms with Crippen LogP contribution < -0.4 is 0 Å². The average molecular weight is 314 g/mol. The van der Waals surface area contributed by atoms with Crippen molar-refractivity contribution in [1.82, 2.24) is 9.97 Å². The van der Waals surface area contributed by atoms with Crippen LogP contribution >= 0.6 is 11.8 Å². The molecule has 0 saturated carbocycles. The first-order valence-corrected chi connectivity index (χ1v) is 6.92. The highest BCUT2D eigenvalue weighted by atomic mass is 32.2. The minimum Gasteiger partial charge on any atom is -0.392 e. The quantitative estimate of drug-likeness (QED) is 0.876. The van der Waals surface area contributed by atoms with Gasteiger partial charge in [-0.3, -0.25) is 0 Å². The molecule has 0 radical (unpaired) electrons. The first-order valence-electron chi connectivity index (χ1n) is 6.10. The molecule has 0 unspecified atom stereocenters. The van der Waals surface area contributed by atoms with Gasteiger partial charge < -0.3 is 5.11 Å². The molecule has 1 aromatic heterocycles. The molecule has 21 heavy (non-hydrogen) atoms. The molecular weight excluding hydrogens is 301 g/mol. The first kappa shape index (κ1) is 15.8. The smallest absolute Gasteiger partial charge is 0.392 e. The summed E-state index contributed by atoms with van der Waals surface area (Å²) in [5.41, 5.74) is 0.536. The lowest BCUT2D eigenvalue weighted by Crippen LogP contribution is -2.09. The van der Waals surface area contributed by atoms with Crippen molar-refractivity contribution in [2.75, 3.05) is 0 Å². The Morgan fingerprint density at radius 1 is 1.10 bits per heavy atom. The SMILES string of the molecule is Cc1cc(C)nc(Sc2ccc(CO)c(C(F)(F)F)c2)n1. The van der Waals surface area contributed by atoms with Crippen LogP contribution in [0.15, 0.2) is 34.3 Å². The van der Waals surface area contributed by atoms with Crippen LogP contribution in [0.2, 0.25) is 0 Å². The van der Waals surface area contributed by atoms with Gasteiger partial charge in [0.15, 0.2) is 5.16 Å². The molecule has 0 saturated heterocycles. The summed E-state index contributed by atoms with van der Waals surface area (Å²) >= 11 is 1.06. The summed E-state index contributed by atoms with van der Waals surface area (Å²) in [5.74, 6) is 0. The van der Waals surface area contributed by atoms with Crippen molar-refractivity contribution in [2.24, 2.45) is 0 Å². The zero-order valence-electron chi connectivity index (χ0n) is 11.4. The molecule has 7 heteroatoms. The molecule has 0 aliphatic carbocycles. The Morgan fingerprint density at radius 3 is 2.24 bits per heavy atom. The Labute approximate surface area is 124 Å². The van der Waals surface area contributed by atoms with Crippen molar-refractivity contribution in [3.05, 3.63) is 46.8 Å². The second kappa shape index (κ2) is 6.03. The van der Waals surface area contributed by atoms with Gasteiger partial charge in [-0.15, -0.1) is 0 Å². The van der Waals surface area contributed by atoms with Crippen LogP contribution in [0.25, 0.3) is 0 Å². The van der Waals surface area contributed by atoms with E-state index >= 15 is 0 Å². The maximum atomic E-state index is 12.9. The fourth-order valence-corrected chi connectivity index (χ4v) is 2.77. The molecule has 0 amide bonds. The van der Waals surface area contributed by atoms with E-state index in [-0.39, 0.29) is 5.56 Å². The molecule has 0 bridgehead atoms. The molecule has 0 atom stereocenters. The lowest BCUT2D eigenvalue weighted by atomic mass is 10.1. The highest BCUT2D eigenvalue weighted by Crippen LogP contribution is 2.36. The van der Waals surface area contributed by atoms with E-state index in [9.17, 15) is 13.2 Å². The summed E-state index contributed by atoms with van der Waals surface area (Å²) in [4.78, 5) is 8.75. The topological polar surface area (TPSA) is 46.0 Å². The van der Waals surface area contributed by atoms with E-state index in [1.165, 1.54) is 12.1 Å². The second-order valence-corrected chi connectivity index (χ2v) is 5.55. The van der Waals surface area contributed by atoms with Gasteiger partial charge in [-0.2, -0.15) is 13.2 Å². The maximum Gasteiger partial charge on any atom is 0.416 e. The number of aliphatic hydroxyl groups excluding tert-OH is 1. The van der Waals surface area contributed by atoms with Crippen molar-refractivity contribution in [3.63, 3.8) is 0 Å². The van der Waals surface area contributed by atoms with Crippen LogP contribution in [0, 0.1) is 13.8 Å². The van der Waals surface area contributed by atoms with E-state index in [0.29, 0.717) is 10.1 Å². The fourth-order valence-electron chi connectivity index (χ4n) is 1.87. The third-order valence-electron chi connectivity index (χ3n) is 2.73. The van der Waals surface area contributed by atoms with Crippen molar-refractivity contribution in [2.45, 2.75) is 36.7 Å². The van der Waals surface area contributed by atoms with Gasteiger partial charge in [-0.05, 0) is 49.4 Å². The van der Waals surface area contributed by atoms with Crippen molar-refractivity contribution in [3.8, 4) is 0 Å². The van der Waals surface area contributed by atoms with Crippen LogP contribution in [0.5, 0.6) is 0 Å². The minimum absolute atomic E-state index is 0.145. The van der Waals surface area contributed by atoms with Crippen LogP contribution in [0.1, 0.15) is 22.5 Å². The lowest BCUT2D eigenvalue weighted by molar-refractivity contribution is -0.138. The fraction of sp³-hybridized carbons (Fsp3) is 0.286. The Kier molecular flexibility index (Phi) is 4.53. The number of aliphatic hydroxyl groups is 1. The predicted molar refractivity (Wildman–Crippen MR) is 73.0 cm³/mol. The number of nitrogens with zero attached hydrogens (tertiary/aromatic N) is 2. The van der Waals surface area contributed by atoms with Crippen molar-refractivity contribution >= 4 is 11.8 Å². The van der Waals surface area contributed by atoms with E-state index < -0.39 is 18.3 Å². The van der Waals surface area contributed by atoms with Crippen molar-refractivity contribution in [1.29, 1.82) is 0 Å². The molecule has 2 aromatic rings. The van der Waals surface area contributed by atoms with E-state index in [1.807, 2.05) is 0 Å². The Bertz CT molecular complexity index is 639. The predicted octanol–water partition coefficient (Wildman–Crippen LogP) is 3.76. The molecule has 0 fully saturated rings. The third kappa shape index (κ3) is 3.95. The van der Waals surface area contributed by atoms with Crippen LogP contribution in [-0.2, 0) is 12.8 Å². The number of halogens is 3. The first-order chi connectivity index (χ1) is 9.79. The Morgan fingerprint density at radius 2 is 1.71 bits per heavy atom. The average Bonchev–Trinajstić information content (AvgIpc) is 2.36. The highest BCUT2D eigenvalue weighted by Gasteiger charge is 2.33. The van der Waals surface area contributed by atoms with Gasteiger partial charge in [-0.25, -0.2) is 9.97 Å². The second-order valence-electron chi connectivity index (χ2n) is 4.51. The number of hydrogen-bond donors (Lipinski definition) is 1. The normalized spacial score (nSPS) is 11.7. The van der Waals surface area contributed by atoms with E-state index in [0.717, 1.165) is 29.2 Å². The molecule has 0 aliphatic heterocycles. The third-order valence-corrected chi connectivity index (χ3v) is 3.58. The Hall–Kier alpha value is -1.60. The van der Waals surface area contributed by atoms with Gasteiger partial charge >= 0.3 is 6.18 Å². The summed E-state index contributed by atoms with van der Waals surface area (Å²) in [6.45, 7) is 2.95. The molecule has 112 valence electrons. The van der Waals surface area contributed by atoms with E-state index in [4.69, 9.17) is 5.11 Å². The number of aryl methyl sites for hydroxylation is 2. The van der Waals surface area contributed by atoms with E-state index in [2.05, 4.69) is 9.97 Å². The van der Waals surface area contributed by atoms with Crippen LogP contribution in [0.3, 0.4) is 0 Å². The van der Waals surface area contributed by atoms with Gasteiger partial charge in [0.05, 0.1) is 12.2 Å². The Balaban J connectivity index is 2.37. The van der Waals surface area contributed by atoms with Gasteiger partial charge in [-0.1, -0.05) is 6.07 Å². The summed E-state index contributed by atoms with van der Waals surface area (Å²) in [7, 11) is 0. The summed E-state index contributed by atoms with van der Waals surface area (Å²) in [6.07, 6.45) is -4.50. The van der Waals surface area contributed by atoms with Gasteiger partial charge in [0, 0.05) is 16.3 Å². The number of alkyl halides is 3. The molecule has 2 rings (SSSR count). The van der Waals surface area contributed by atoms with Gasteiger partial charge in [0.1, 0.15) is 0 Å². The van der Waals surface area contributed by atoms with E-state index in [1.54, 1.807) is 19.9 Å². The number of hydrogen-bond acceptors (Lipinski definition) is 4. The summed E-state index contributed by atoms with van der Waals surface area (Å²) < 4.78 is 38.8. The molecule has 0 spiro atoms. The lowest BCUT2D eigenvalue weighted by Gasteiger charge is -2.12. The minimum atomic E-state index is -4.50. The molecule has 3 nitrogen and oxygen atoms in total. The summed E-state index contributed by atoms with van der Waals surface area (Å²) in [5, 5.41) is 9.40. The monoisotopic (exact) mass is 314 g/mol. The molecule has 1 heterocycles. The van der Waals surface area contributed by atoms with Crippen LogP contribution in [-0.4, -0.2) is 15.1 Å². The zero-order valence-corrected chi connectivity index (χ0v) is 12.2. The van der Waals surface area contributed by atoms with Gasteiger partial charge in [0.25, 0.3) is 0 Å². The largest absolute Gasteiger partial charge is 0.416 e. The summed E-state index contributed by atoms with van der Waals surface area (Å²) in [6, 6.07) is 5.59. The zero-order chi connectivity index (χ0) is 15.6. The van der Waals surface area contributed by atoms with Crippen molar-refractivity contribution < 1.29 is 18.3 Å². The molecule has 1 N–H and O–H groups in total.